The second-order valence-corrected chi connectivity index (χ2v) is 6.68. The third kappa shape index (κ3) is 17.7. The number of aliphatic hydroxyl groups excluding tert-OH is 1. The minimum Gasteiger partial charge on any atom is -0.460 e. The Morgan fingerprint density at radius 1 is 0.920 bits per heavy atom. The van der Waals surface area contributed by atoms with Crippen molar-refractivity contribution in [3.63, 3.8) is 0 Å². The lowest BCUT2D eigenvalue weighted by atomic mass is 10.1. The van der Waals surface area contributed by atoms with Crippen LogP contribution in [-0.4, -0.2) is 37.0 Å². The van der Waals surface area contributed by atoms with E-state index in [1.54, 1.807) is 0 Å². The third-order valence-electron chi connectivity index (χ3n) is 4.19. The van der Waals surface area contributed by atoms with Crippen LogP contribution in [0.25, 0.3) is 0 Å². The van der Waals surface area contributed by atoms with E-state index in [9.17, 15) is 9.90 Å². The van der Waals surface area contributed by atoms with Gasteiger partial charge in [-0.2, -0.15) is 0 Å². The van der Waals surface area contributed by atoms with Crippen molar-refractivity contribution in [2.75, 3.05) is 19.8 Å². The van der Waals surface area contributed by atoms with E-state index >= 15 is 0 Å². The number of ether oxygens (including phenoxy) is 2. The van der Waals surface area contributed by atoms with Crippen LogP contribution in [-0.2, 0) is 14.3 Å². The van der Waals surface area contributed by atoms with E-state index in [1.807, 2.05) is 6.08 Å². The molecule has 4 nitrogen and oxygen atoms in total. The standard InChI is InChI=1S/C21H40O4/c1-3-5-7-9-11-12-14-16-21(23)25-19-20(18-22)24-17-15-13-10-8-6-4-2/h14,16,20,22H,3-13,15,17-19H2,1-2H3/b16-14+. The molecule has 0 amide bonds. The van der Waals surface area contributed by atoms with Gasteiger partial charge in [-0.15, -0.1) is 0 Å². The summed E-state index contributed by atoms with van der Waals surface area (Å²) in [5.41, 5.74) is 0. The molecule has 4 heteroatoms. The maximum Gasteiger partial charge on any atom is 0.330 e. The highest BCUT2D eigenvalue weighted by atomic mass is 16.6. The van der Waals surface area contributed by atoms with Gasteiger partial charge in [0, 0.05) is 12.7 Å². The molecule has 0 fully saturated rings. The summed E-state index contributed by atoms with van der Waals surface area (Å²) in [5, 5.41) is 9.29. The monoisotopic (exact) mass is 356 g/mol. The zero-order chi connectivity index (χ0) is 18.6. The van der Waals surface area contributed by atoms with Gasteiger partial charge < -0.3 is 14.6 Å². The van der Waals surface area contributed by atoms with Gasteiger partial charge in [-0.25, -0.2) is 4.79 Å². The van der Waals surface area contributed by atoms with Crippen LogP contribution in [0.5, 0.6) is 0 Å². The van der Waals surface area contributed by atoms with Crippen LogP contribution in [0.15, 0.2) is 12.2 Å². The lowest BCUT2D eigenvalue weighted by Crippen LogP contribution is -2.25. The molecule has 25 heavy (non-hydrogen) atoms. The largest absolute Gasteiger partial charge is 0.460 e. The molecule has 0 radical (unpaired) electrons. The first-order chi connectivity index (χ1) is 12.2. The molecule has 0 aromatic carbocycles. The number of carbonyl (C=O) groups is 1. The van der Waals surface area contributed by atoms with E-state index in [0.717, 1.165) is 25.7 Å². The van der Waals surface area contributed by atoms with Crippen LogP contribution in [0.1, 0.15) is 90.9 Å². The van der Waals surface area contributed by atoms with E-state index < -0.39 is 6.10 Å². The van der Waals surface area contributed by atoms with Gasteiger partial charge in [0.1, 0.15) is 12.7 Å². The Bertz CT molecular complexity index is 315. The van der Waals surface area contributed by atoms with Crippen LogP contribution < -0.4 is 0 Å². The van der Waals surface area contributed by atoms with Gasteiger partial charge in [-0.1, -0.05) is 77.7 Å². The molecular formula is C21H40O4. The molecule has 0 aliphatic carbocycles. The van der Waals surface area contributed by atoms with E-state index in [2.05, 4.69) is 13.8 Å². The molecule has 1 unspecified atom stereocenters. The van der Waals surface area contributed by atoms with Crippen LogP contribution in [0.2, 0.25) is 0 Å². The lowest BCUT2D eigenvalue weighted by Gasteiger charge is -2.15. The van der Waals surface area contributed by atoms with Gasteiger partial charge in [0.05, 0.1) is 6.61 Å². The zero-order valence-electron chi connectivity index (χ0n) is 16.5. The highest BCUT2D eigenvalue weighted by Gasteiger charge is 2.10. The van der Waals surface area contributed by atoms with Gasteiger partial charge in [-0.3, -0.25) is 0 Å². The van der Waals surface area contributed by atoms with Crippen molar-refractivity contribution in [2.45, 2.75) is 97.0 Å². The fourth-order valence-electron chi connectivity index (χ4n) is 2.55. The van der Waals surface area contributed by atoms with Gasteiger partial charge in [0.15, 0.2) is 0 Å². The molecule has 0 heterocycles. The number of unbranched alkanes of at least 4 members (excludes halogenated alkanes) is 10. The number of hydrogen-bond donors (Lipinski definition) is 1. The van der Waals surface area contributed by atoms with Crippen LogP contribution >= 0.6 is 0 Å². The average molecular weight is 357 g/mol. The molecular weight excluding hydrogens is 316 g/mol. The van der Waals surface area contributed by atoms with Gasteiger partial charge in [0.2, 0.25) is 0 Å². The molecule has 0 aliphatic rings. The molecule has 1 N–H and O–H groups in total. The first-order valence-corrected chi connectivity index (χ1v) is 10.3. The minimum absolute atomic E-state index is 0.117. The summed E-state index contributed by atoms with van der Waals surface area (Å²) in [4.78, 5) is 11.6. The van der Waals surface area contributed by atoms with Crippen LogP contribution in [0, 0.1) is 0 Å². The normalized spacial score (nSPS) is 12.6. The summed E-state index contributed by atoms with van der Waals surface area (Å²) in [6, 6.07) is 0. The van der Waals surface area contributed by atoms with Crippen molar-refractivity contribution < 1.29 is 19.4 Å². The maximum absolute atomic E-state index is 11.6. The molecule has 0 spiro atoms. The Morgan fingerprint density at radius 2 is 1.52 bits per heavy atom. The van der Waals surface area contributed by atoms with E-state index in [1.165, 1.54) is 57.4 Å². The Balaban J connectivity index is 3.60. The first-order valence-electron chi connectivity index (χ1n) is 10.3. The molecule has 0 rings (SSSR count). The topological polar surface area (TPSA) is 55.8 Å². The van der Waals surface area contributed by atoms with Crippen molar-refractivity contribution in [3.8, 4) is 0 Å². The lowest BCUT2D eigenvalue weighted by molar-refractivity contribution is -0.143. The van der Waals surface area contributed by atoms with Crippen molar-refractivity contribution in [1.29, 1.82) is 0 Å². The molecule has 0 aromatic heterocycles. The molecule has 0 bridgehead atoms. The number of allylic oxidation sites excluding steroid dienone is 1. The summed E-state index contributed by atoms with van der Waals surface area (Å²) >= 11 is 0. The molecule has 1 atom stereocenters. The third-order valence-corrected chi connectivity index (χ3v) is 4.19. The molecule has 0 saturated carbocycles. The Labute approximate surface area is 155 Å². The predicted octanol–water partition coefficient (Wildman–Crippen LogP) is 5.18. The van der Waals surface area contributed by atoms with Crippen LogP contribution in [0.4, 0.5) is 0 Å². The SMILES string of the molecule is CCCCCCC/C=C/C(=O)OCC(CO)OCCCCCCCC. The Morgan fingerprint density at radius 3 is 2.16 bits per heavy atom. The van der Waals surface area contributed by atoms with Gasteiger partial charge >= 0.3 is 5.97 Å². The highest BCUT2D eigenvalue weighted by Crippen LogP contribution is 2.07. The van der Waals surface area contributed by atoms with E-state index in [0.29, 0.717) is 6.61 Å². The summed E-state index contributed by atoms with van der Waals surface area (Å²) in [6.45, 7) is 5.02. The van der Waals surface area contributed by atoms with E-state index in [-0.39, 0.29) is 19.2 Å². The molecule has 148 valence electrons. The summed E-state index contributed by atoms with van der Waals surface area (Å²) in [6.07, 6.45) is 17.2. The van der Waals surface area contributed by atoms with Gasteiger partial charge in [-0.05, 0) is 19.3 Å². The summed E-state index contributed by atoms with van der Waals surface area (Å²) in [7, 11) is 0. The van der Waals surface area contributed by atoms with Crippen molar-refractivity contribution in [1.82, 2.24) is 0 Å². The van der Waals surface area contributed by atoms with Crippen molar-refractivity contribution in [3.05, 3.63) is 12.2 Å². The van der Waals surface area contributed by atoms with Gasteiger partial charge in [0.25, 0.3) is 0 Å². The van der Waals surface area contributed by atoms with E-state index in [4.69, 9.17) is 9.47 Å². The quantitative estimate of drug-likeness (QED) is 0.209. The number of esters is 1. The second-order valence-electron chi connectivity index (χ2n) is 6.68. The minimum atomic E-state index is -0.415. The number of aliphatic hydroxyl groups is 1. The van der Waals surface area contributed by atoms with Crippen molar-refractivity contribution >= 4 is 5.97 Å². The number of carbonyl (C=O) groups excluding carboxylic acids is 1. The first kappa shape index (κ1) is 24.1. The second kappa shape index (κ2) is 19.5. The Hall–Kier alpha value is -0.870. The van der Waals surface area contributed by atoms with Crippen molar-refractivity contribution in [2.24, 2.45) is 0 Å². The fraction of sp³-hybridized carbons (Fsp3) is 0.857. The number of rotatable bonds is 18. The number of hydrogen-bond acceptors (Lipinski definition) is 4. The molecule has 0 aromatic rings. The Kier molecular flexibility index (Phi) is 18.8. The molecule has 0 aliphatic heterocycles. The summed E-state index contributed by atoms with van der Waals surface area (Å²) < 4.78 is 10.7. The molecule has 0 saturated heterocycles. The average Bonchev–Trinajstić information content (AvgIpc) is 2.62. The fourth-order valence-corrected chi connectivity index (χ4v) is 2.55. The predicted molar refractivity (Wildman–Crippen MR) is 104 cm³/mol. The van der Waals surface area contributed by atoms with Crippen LogP contribution in [0.3, 0.4) is 0 Å². The zero-order valence-corrected chi connectivity index (χ0v) is 16.5. The summed E-state index contributed by atoms with van der Waals surface area (Å²) in [5.74, 6) is -0.352. The maximum atomic E-state index is 11.6. The highest BCUT2D eigenvalue weighted by molar-refractivity contribution is 5.81. The smallest absolute Gasteiger partial charge is 0.330 e.